The Hall–Kier alpha value is -1.85. The molecule has 2 N–H and O–H groups in total. The van der Waals surface area contributed by atoms with Crippen LogP contribution >= 0.6 is 0 Å². The molecule has 6 heteroatoms. The van der Waals surface area contributed by atoms with Crippen molar-refractivity contribution < 1.29 is 14.1 Å². The summed E-state index contributed by atoms with van der Waals surface area (Å²) < 4.78 is 4.88. The highest BCUT2D eigenvalue weighted by Crippen LogP contribution is 2.29. The summed E-state index contributed by atoms with van der Waals surface area (Å²) in [6, 6.07) is 1.09. The Labute approximate surface area is 111 Å². The first-order valence-electron chi connectivity index (χ1n) is 6.52. The van der Waals surface area contributed by atoms with Crippen molar-refractivity contribution in [3.8, 4) is 0 Å². The van der Waals surface area contributed by atoms with Crippen molar-refractivity contribution in [3.05, 3.63) is 11.8 Å². The molecule has 1 heterocycles. The van der Waals surface area contributed by atoms with Crippen molar-refractivity contribution >= 4 is 17.6 Å². The zero-order valence-corrected chi connectivity index (χ0v) is 11.4. The first kappa shape index (κ1) is 13.6. The molecule has 2 amide bonds. The quantitative estimate of drug-likeness (QED) is 0.844. The van der Waals surface area contributed by atoms with E-state index in [1.165, 1.54) is 0 Å². The Bertz CT molecular complexity index is 477. The number of amides is 2. The van der Waals surface area contributed by atoms with Crippen LogP contribution in [0, 0.1) is 18.8 Å². The molecule has 1 saturated carbocycles. The maximum absolute atomic E-state index is 12.1. The second-order valence-corrected chi connectivity index (χ2v) is 5.32. The van der Waals surface area contributed by atoms with Crippen molar-refractivity contribution in [1.82, 2.24) is 10.5 Å². The average Bonchev–Trinajstić information content (AvgIpc) is 3.10. The fraction of sp³-hybridized carbons (Fsp3) is 0.615. The topological polar surface area (TPSA) is 84.2 Å². The summed E-state index contributed by atoms with van der Waals surface area (Å²) in [7, 11) is 0. The van der Waals surface area contributed by atoms with Crippen molar-refractivity contribution in [3.63, 3.8) is 0 Å². The molecule has 0 radical (unpaired) electrons. The van der Waals surface area contributed by atoms with Crippen LogP contribution < -0.4 is 10.6 Å². The minimum atomic E-state index is -0.551. The largest absolute Gasteiger partial charge is 0.360 e. The van der Waals surface area contributed by atoms with E-state index in [-0.39, 0.29) is 23.7 Å². The molecule has 1 aromatic heterocycles. The second-order valence-electron chi connectivity index (χ2n) is 5.32. The molecule has 0 aromatic carbocycles. The standard InChI is InChI=1S/C13H19N3O3/c1-7(2)11(15-12(17)9-4-5-9)13(18)14-10-6-8(3)19-16-10/h6-7,9,11H,4-5H2,1-3H3,(H,15,17)(H,14,16,18)/t11-/m0/s1. The van der Waals surface area contributed by atoms with Gasteiger partial charge < -0.3 is 15.2 Å². The van der Waals surface area contributed by atoms with E-state index in [2.05, 4.69) is 15.8 Å². The summed E-state index contributed by atoms with van der Waals surface area (Å²) in [5, 5.41) is 9.15. The fourth-order valence-electron chi connectivity index (χ4n) is 1.78. The minimum Gasteiger partial charge on any atom is -0.360 e. The van der Waals surface area contributed by atoms with Gasteiger partial charge in [-0.15, -0.1) is 0 Å². The third-order valence-electron chi connectivity index (χ3n) is 3.07. The summed E-state index contributed by atoms with van der Waals surface area (Å²) in [6.07, 6.45) is 1.83. The van der Waals surface area contributed by atoms with Crippen molar-refractivity contribution in [2.45, 2.75) is 39.7 Å². The summed E-state index contributed by atoms with van der Waals surface area (Å²) >= 11 is 0. The highest BCUT2D eigenvalue weighted by atomic mass is 16.5. The predicted molar refractivity (Wildman–Crippen MR) is 69.4 cm³/mol. The van der Waals surface area contributed by atoms with E-state index < -0.39 is 6.04 Å². The Morgan fingerprint density at radius 2 is 2.11 bits per heavy atom. The molecule has 19 heavy (non-hydrogen) atoms. The number of rotatable bonds is 5. The molecular weight excluding hydrogens is 246 g/mol. The first-order chi connectivity index (χ1) is 8.97. The monoisotopic (exact) mass is 265 g/mol. The highest BCUT2D eigenvalue weighted by Gasteiger charge is 2.33. The Morgan fingerprint density at radius 1 is 1.42 bits per heavy atom. The number of nitrogens with one attached hydrogen (secondary N) is 2. The maximum Gasteiger partial charge on any atom is 0.248 e. The van der Waals surface area contributed by atoms with Crippen LogP contribution in [0.1, 0.15) is 32.4 Å². The first-order valence-corrected chi connectivity index (χ1v) is 6.52. The van der Waals surface area contributed by atoms with E-state index in [1.54, 1.807) is 13.0 Å². The van der Waals surface area contributed by atoms with E-state index in [0.29, 0.717) is 11.6 Å². The summed E-state index contributed by atoms with van der Waals surface area (Å²) in [6.45, 7) is 5.54. The van der Waals surface area contributed by atoms with Crippen LogP contribution in [0.3, 0.4) is 0 Å². The molecule has 0 saturated heterocycles. The average molecular weight is 265 g/mol. The van der Waals surface area contributed by atoms with Crippen LogP contribution in [0.15, 0.2) is 10.6 Å². The third-order valence-corrected chi connectivity index (χ3v) is 3.07. The molecule has 0 unspecified atom stereocenters. The van der Waals surface area contributed by atoms with Gasteiger partial charge >= 0.3 is 0 Å². The van der Waals surface area contributed by atoms with Crippen molar-refractivity contribution in [2.24, 2.45) is 11.8 Å². The Balaban J connectivity index is 1.97. The van der Waals surface area contributed by atoms with Crippen molar-refractivity contribution in [2.75, 3.05) is 5.32 Å². The minimum absolute atomic E-state index is 0.00991. The van der Waals surface area contributed by atoms with Gasteiger partial charge in [-0.25, -0.2) is 0 Å². The number of hydrogen-bond acceptors (Lipinski definition) is 4. The van der Waals surface area contributed by atoms with Crippen LogP contribution in [-0.4, -0.2) is 23.0 Å². The second kappa shape index (κ2) is 5.42. The van der Waals surface area contributed by atoms with Gasteiger partial charge in [0.2, 0.25) is 11.8 Å². The Morgan fingerprint density at radius 3 is 2.58 bits per heavy atom. The van der Waals surface area contributed by atoms with E-state index in [0.717, 1.165) is 12.8 Å². The van der Waals surface area contributed by atoms with E-state index in [1.807, 2.05) is 13.8 Å². The lowest BCUT2D eigenvalue weighted by Gasteiger charge is -2.20. The van der Waals surface area contributed by atoms with Crippen LogP contribution in [0.5, 0.6) is 0 Å². The molecule has 0 spiro atoms. The van der Waals surface area contributed by atoms with Crippen molar-refractivity contribution in [1.29, 1.82) is 0 Å². The van der Waals surface area contributed by atoms with Crippen LogP contribution in [0.25, 0.3) is 0 Å². The van der Waals surface area contributed by atoms with E-state index in [9.17, 15) is 9.59 Å². The molecule has 1 aliphatic rings. The van der Waals surface area contributed by atoms with Gasteiger partial charge in [0.25, 0.3) is 0 Å². The van der Waals surface area contributed by atoms with Gasteiger partial charge in [-0.1, -0.05) is 19.0 Å². The molecule has 1 aliphatic carbocycles. The molecule has 0 aliphatic heterocycles. The molecule has 1 atom stereocenters. The van der Waals surface area contributed by atoms with Gasteiger partial charge in [-0.05, 0) is 25.7 Å². The van der Waals surface area contributed by atoms with Gasteiger partial charge in [0, 0.05) is 12.0 Å². The zero-order valence-electron chi connectivity index (χ0n) is 11.4. The lowest BCUT2D eigenvalue weighted by Crippen LogP contribution is -2.47. The lowest BCUT2D eigenvalue weighted by atomic mass is 10.0. The number of nitrogens with zero attached hydrogens (tertiary/aromatic N) is 1. The SMILES string of the molecule is Cc1cc(NC(=O)[C@@H](NC(=O)C2CC2)C(C)C)no1. The summed E-state index contributed by atoms with van der Waals surface area (Å²) in [5.74, 6) is 0.786. The number of aromatic nitrogens is 1. The van der Waals surface area contributed by atoms with Crippen LogP contribution in [0.2, 0.25) is 0 Å². The molecular formula is C13H19N3O3. The number of aryl methyl sites for hydroxylation is 1. The van der Waals surface area contributed by atoms with Gasteiger partial charge in [-0.2, -0.15) is 0 Å². The summed E-state index contributed by atoms with van der Waals surface area (Å²) in [4.78, 5) is 23.9. The van der Waals surface area contributed by atoms with Gasteiger partial charge in [0.15, 0.2) is 5.82 Å². The third kappa shape index (κ3) is 3.56. The Kier molecular flexibility index (Phi) is 3.87. The van der Waals surface area contributed by atoms with Gasteiger partial charge in [0.1, 0.15) is 11.8 Å². The fourth-order valence-corrected chi connectivity index (χ4v) is 1.78. The van der Waals surface area contributed by atoms with E-state index >= 15 is 0 Å². The molecule has 0 bridgehead atoms. The number of carbonyl (C=O) groups excluding carboxylic acids is 2. The lowest BCUT2D eigenvalue weighted by molar-refractivity contribution is -0.128. The highest BCUT2D eigenvalue weighted by molar-refractivity contribution is 5.97. The molecule has 104 valence electrons. The van der Waals surface area contributed by atoms with Crippen LogP contribution in [0.4, 0.5) is 5.82 Å². The van der Waals surface area contributed by atoms with E-state index in [4.69, 9.17) is 4.52 Å². The number of hydrogen-bond donors (Lipinski definition) is 2. The van der Waals surface area contributed by atoms with Gasteiger partial charge in [-0.3, -0.25) is 9.59 Å². The molecule has 1 fully saturated rings. The smallest absolute Gasteiger partial charge is 0.248 e. The summed E-state index contributed by atoms with van der Waals surface area (Å²) in [5.41, 5.74) is 0. The predicted octanol–water partition coefficient (Wildman–Crippen LogP) is 1.47. The number of carbonyl (C=O) groups is 2. The van der Waals surface area contributed by atoms with Crippen LogP contribution in [-0.2, 0) is 9.59 Å². The maximum atomic E-state index is 12.1. The zero-order chi connectivity index (χ0) is 14.0. The normalized spacial score (nSPS) is 16.2. The molecule has 6 nitrogen and oxygen atoms in total. The number of anilines is 1. The molecule has 1 aromatic rings. The molecule has 2 rings (SSSR count). The van der Waals surface area contributed by atoms with Gasteiger partial charge in [0.05, 0.1) is 0 Å².